The van der Waals surface area contributed by atoms with Crippen molar-refractivity contribution in [1.29, 1.82) is 0 Å². The summed E-state index contributed by atoms with van der Waals surface area (Å²) in [5.41, 5.74) is 4.02. The van der Waals surface area contributed by atoms with Gasteiger partial charge in [-0.2, -0.15) is 0 Å². The van der Waals surface area contributed by atoms with E-state index in [9.17, 15) is 9.59 Å². The summed E-state index contributed by atoms with van der Waals surface area (Å²) < 4.78 is 13.4. The lowest BCUT2D eigenvalue weighted by atomic mass is 9.87. The average Bonchev–Trinajstić information content (AvgIpc) is 3.29. The van der Waals surface area contributed by atoms with Crippen LogP contribution in [0.25, 0.3) is 17.0 Å². The summed E-state index contributed by atoms with van der Waals surface area (Å²) in [4.78, 5) is 25.5. The number of para-hydroxylation sites is 1. The Hall–Kier alpha value is -4.12. The minimum absolute atomic E-state index is 0.00353. The first-order chi connectivity index (χ1) is 16.2. The van der Waals surface area contributed by atoms with Crippen LogP contribution in [0.4, 0.5) is 0 Å². The molecule has 0 fully saturated rings. The first-order valence-corrected chi connectivity index (χ1v) is 11.2. The van der Waals surface area contributed by atoms with Crippen molar-refractivity contribution in [2.45, 2.75) is 26.2 Å². The topological polar surface area (TPSA) is 57.5 Å². The molecule has 0 unspecified atom stereocenters. The smallest absolute Gasteiger partial charge is 0.343 e. The van der Waals surface area contributed by atoms with Crippen molar-refractivity contribution in [3.63, 3.8) is 0 Å². The Morgan fingerprint density at radius 3 is 2.47 bits per heavy atom. The maximum Gasteiger partial charge on any atom is 0.343 e. The van der Waals surface area contributed by atoms with Crippen LogP contribution in [0.15, 0.2) is 78.7 Å². The highest BCUT2D eigenvalue weighted by molar-refractivity contribution is 6.15. The fourth-order valence-corrected chi connectivity index (χ4v) is 4.13. The van der Waals surface area contributed by atoms with Crippen molar-refractivity contribution in [1.82, 2.24) is 4.57 Å². The molecule has 170 valence electrons. The van der Waals surface area contributed by atoms with Crippen LogP contribution < -0.4 is 9.47 Å². The van der Waals surface area contributed by atoms with E-state index < -0.39 is 5.97 Å². The minimum Gasteiger partial charge on any atom is -0.452 e. The molecule has 3 aromatic carbocycles. The van der Waals surface area contributed by atoms with Gasteiger partial charge in [0.05, 0.1) is 11.1 Å². The summed E-state index contributed by atoms with van der Waals surface area (Å²) in [6.07, 6.45) is 3.72. The van der Waals surface area contributed by atoms with Gasteiger partial charge in [-0.05, 0) is 47.4 Å². The van der Waals surface area contributed by atoms with Gasteiger partial charge in [-0.25, -0.2) is 4.79 Å². The molecule has 5 rings (SSSR count). The number of hydrogen-bond donors (Lipinski definition) is 0. The molecule has 0 aliphatic carbocycles. The second-order valence-corrected chi connectivity index (χ2v) is 9.53. The van der Waals surface area contributed by atoms with Gasteiger partial charge in [0.15, 0.2) is 5.76 Å². The molecule has 0 atom stereocenters. The van der Waals surface area contributed by atoms with E-state index in [0.29, 0.717) is 22.6 Å². The standard InChI is InChI=1S/C29H25NO4/c1-29(2,3)20-11-9-18(10-12-20)28(32)33-21-13-14-23-25(16-21)34-26(27(23)31)15-19-17-30(4)24-8-6-5-7-22(19)24/h5-17H,1-4H3/b26-15+. The fraction of sp³-hybridized carbons (Fsp3) is 0.172. The minimum atomic E-state index is -0.462. The molecule has 0 bridgehead atoms. The van der Waals surface area contributed by atoms with Crippen molar-refractivity contribution in [2.24, 2.45) is 7.05 Å². The Morgan fingerprint density at radius 1 is 1.00 bits per heavy atom. The van der Waals surface area contributed by atoms with Gasteiger partial charge in [-0.1, -0.05) is 51.1 Å². The van der Waals surface area contributed by atoms with Crippen LogP contribution in [0.1, 0.15) is 52.6 Å². The highest BCUT2D eigenvalue weighted by atomic mass is 16.5. The van der Waals surface area contributed by atoms with Crippen molar-refractivity contribution in [3.8, 4) is 11.5 Å². The zero-order chi connectivity index (χ0) is 24.0. The van der Waals surface area contributed by atoms with E-state index in [2.05, 4.69) is 20.8 Å². The quantitative estimate of drug-likeness (QED) is 0.208. The van der Waals surface area contributed by atoms with E-state index in [1.54, 1.807) is 36.4 Å². The molecule has 34 heavy (non-hydrogen) atoms. The lowest BCUT2D eigenvalue weighted by molar-refractivity contribution is 0.0734. The lowest BCUT2D eigenvalue weighted by Crippen LogP contribution is -2.12. The summed E-state index contributed by atoms with van der Waals surface area (Å²) in [7, 11) is 1.97. The van der Waals surface area contributed by atoms with Gasteiger partial charge in [0.25, 0.3) is 0 Å². The van der Waals surface area contributed by atoms with Gasteiger partial charge in [-0.15, -0.1) is 0 Å². The number of ketones is 1. The van der Waals surface area contributed by atoms with Gasteiger partial charge >= 0.3 is 5.97 Å². The first kappa shape index (κ1) is 21.7. The van der Waals surface area contributed by atoms with E-state index >= 15 is 0 Å². The van der Waals surface area contributed by atoms with Crippen LogP contribution in [0.2, 0.25) is 0 Å². The highest BCUT2D eigenvalue weighted by Crippen LogP contribution is 2.36. The molecule has 0 amide bonds. The summed E-state index contributed by atoms with van der Waals surface area (Å²) >= 11 is 0. The molecular formula is C29H25NO4. The SMILES string of the molecule is Cn1cc(/C=C2/Oc3cc(OC(=O)c4ccc(C(C)(C)C)cc4)ccc3C2=O)c2ccccc21. The molecule has 2 heterocycles. The van der Waals surface area contributed by atoms with E-state index in [0.717, 1.165) is 22.0 Å². The second-order valence-electron chi connectivity index (χ2n) is 9.53. The maximum absolute atomic E-state index is 12.9. The number of hydrogen-bond acceptors (Lipinski definition) is 4. The Morgan fingerprint density at radius 2 is 1.74 bits per heavy atom. The van der Waals surface area contributed by atoms with Crippen LogP contribution >= 0.6 is 0 Å². The molecular weight excluding hydrogens is 426 g/mol. The molecule has 0 saturated heterocycles. The molecule has 1 aliphatic rings. The molecule has 5 nitrogen and oxygen atoms in total. The number of esters is 1. The third kappa shape index (κ3) is 3.90. The number of carbonyl (C=O) groups excluding carboxylic acids is 2. The number of nitrogens with zero attached hydrogens (tertiary/aromatic N) is 1. The summed E-state index contributed by atoms with van der Waals surface area (Å²) in [5, 5.41) is 1.04. The molecule has 0 radical (unpaired) electrons. The van der Waals surface area contributed by atoms with E-state index in [1.165, 1.54) is 0 Å². The van der Waals surface area contributed by atoms with Crippen LogP contribution in [0, 0.1) is 0 Å². The predicted molar refractivity (Wildman–Crippen MR) is 132 cm³/mol. The molecule has 0 spiro atoms. The largest absolute Gasteiger partial charge is 0.452 e. The normalized spacial score (nSPS) is 14.4. The molecule has 1 aliphatic heterocycles. The number of rotatable bonds is 3. The zero-order valence-electron chi connectivity index (χ0n) is 19.6. The number of aryl methyl sites for hydroxylation is 1. The molecule has 4 aromatic rings. The van der Waals surface area contributed by atoms with Crippen molar-refractivity contribution in [2.75, 3.05) is 0 Å². The van der Waals surface area contributed by atoms with Gasteiger partial charge in [-0.3, -0.25) is 4.79 Å². The van der Waals surface area contributed by atoms with Gasteiger partial charge < -0.3 is 14.0 Å². The second kappa shape index (κ2) is 8.03. The third-order valence-corrected chi connectivity index (χ3v) is 6.05. The summed E-state index contributed by atoms with van der Waals surface area (Å²) in [6, 6.07) is 20.2. The molecule has 0 N–H and O–H groups in total. The van der Waals surface area contributed by atoms with Crippen LogP contribution in [-0.4, -0.2) is 16.3 Å². The van der Waals surface area contributed by atoms with Crippen LogP contribution in [0.5, 0.6) is 11.5 Å². The molecule has 0 saturated carbocycles. The average molecular weight is 452 g/mol. The zero-order valence-corrected chi connectivity index (χ0v) is 19.6. The Bertz CT molecular complexity index is 1470. The number of ether oxygens (including phenoxy) is 2. The van der Waals surface area contributed by atoms with Gasteiger partial charge in [0, 0.05) is 35.8 Å². The van der Waals surface area contributed by atoms with Gasteiger partial charge in [0.2, 0.25) is 5.78 Å². The van der Waals surface area contributed by atoms with Crippen LogP contribution in [-0.2, 0) is 12.5 Å². The first-order valence-electron chi connectivity index (χ1n) is 11.2. The molecule has 5 heteroatoms. The fourth-order valence-electron chi connectivity index (χ4n) is 4.13. The van der Waals surface area contributed by atoms with Crippen molar-refractivity contribution < 1.29 is 19.1 Å². The number of fused-ring (bicyclic) bond motifs is 2. The number of carbonyl (C=O) groups is 2. The van der Waals surface area contributed by atoms with Gasteiger partial charge in [0.1, 0.15) is 11.5 Å². The monoisotopic (exact) mass is 451 g/mol. The number of aromatic nitrogens is 1. The van der Waals surface area contributed by atoms with E-state index in [1.807, 2.05) is 54.2 Å². The van der Waals surface area contributed by atoms with Crippen molar-refractivity contribution >= 4 is 28.7 Å². The Balaban J connectivity index is 1.37. The highest BCUT2D eigenvalue weighted by Gasteiger charge is 2.28. The number of benzene rings is 3. The van der Waals surface area contributed by atoms with Crippen molar-refractivity contribution in [3.05, 3.63) is 101 Å². The number of Topliss-reactive ketones (excluding diaryl/α,β-unsaturated/α-hetero) is 1. The Kier molecular flexibility index (Phi) is 5.13. The van der Waals surface area contributed by atoms with Crippen LogP contribution in [0.3, 0.4) is 0 Å². The lowest BCUT2D eigenvalue weighted by Gasteiger charge is -2.18. The molecule has 1 aromatic heterocycles. The Labute approximate surface area is 198 Å². The maximum atomic E-state index is 12.9. The van der Waals surface area contributed by atoms with E-state index in [4.69, 9.17) is 9.47 Å². The predicted octanol–water partition coefficient (Wildman–Crippen LogP) is 6.31. The third-order valence-electron chi connectivity index (χ3n) is 6.05. The summed E-state index contributed by atoms with van der Waals surface area (Å²) in [5.74, 6) is 0.287. The number of allylic oxidation sites excluding steroid dienone is 1. The summed E-state index contributed by atoms with van der Waals surface area (Å²) in [6.45, 7) is 6.36. The van der Waals surface area contributed by atoms with E-state index in [-0.39, 0.29) is 17.0 Å².